The van der Waals surface area contributed by atoms with Crippen molar-refractivity contribution in [2.24, 2.45) is 0 Å². The molecule has 1 aliphatic rings. The van der Waals surface area contributed by atoms with Gasteiger partial charge in [-0.3, -0.25) is 0 Å². The van der Waals surface area contributed by atoms with Gasteiger partial charge in [0.1, 0.15) is 5.82 Å². The number of hydrogen-bond acceptors (Lipinski definition) is 5. The van der Waals surface area contributed by atoms with Crippen molar-refractivity contribution in [2.75, 3.05) is 18.1 Å². The summed E-state index contributed by atoms with van der Waals surface area (Å²) in [6, 6.07) is 13.5. The number of urea groups is 1. The van der Waals surface area contributed by atoms with E-state index < -0.39 is 18.1 Å². The summed E-state index contributed by atoms with van der Waals surface area (Å²) in [7, 11) is 0. The van der Waals surface area contributed by atoms with E-state index in [9.17, 15) is 18.0 Å². The van der Waals surface area contributed by atoms with Gasteiger partial charge < -0.3 is 14.6 Å². The van der Waals surface area contributed by atoms with Gasteiger partial charge in [-0.2, -0.15) is 20.5 Å². The summed E-state index contributed by atoms with van der Waals surface area (Å²) in [5.74, 6) is 0.0136. The summed E-state index contributed by atoms with van der Waals surface area (Å²) < 4.78 is 44.5. The third-order valence-corrected chi connectivity index (χ3v) is 5.95. The number of rotatable bonds is 5. The summed E-state index contributed by atoms with van der Waals surface area (Å²) in [5.41, 5.74) is 1.50. The Morgan fingerprint density at radius 3 is 2.74 bits per heavy atom. The fraction of sp³-hybridized carbons (Fsp3) is 0.286. The first kappa shape index (κ1) is 21.2. The molecule has 6 nitrogen and oxygen atoms in total. The molecule has 0 aliphatic carbocycles. The molecule has 10 heteroatoms. The van der Waals surface area contributed by atoms with E-state index >= 15 is 0 Å². The molecule has 2 amide bonds. The lowest BCUT2D eigenvalue weighted by Gasteiger charge is -2.35. The van der Waals surface area contributed by atoms with E-state index in [0.29, 0.717) is 6.54 Å². The van der Waals surface area contributed by atoms with E-state index in [1.807, 2.05) is 30.3 Å². The number of hydrogen-bond donors (Lipinski definition) is 1. The maximum Gasteiger partial charge on any atom is 0.318 e. The number of benzene rings is 2. The van der Waals surface area contributed by atoms with Crippen LogP contribution in [-0.2, 0) is 6.54 Å². The van der Waals surface area contributed by atoms with Crippen molar-refractivity contribution in [2.45, 2.75) is 19.0 Å². The Hall–Kier alpha value is -3.01. The molecule has 0 bridgehead atoms. The Kier molecular flexibility index (Phi) is 6.45. The zero-order chi connectivity index (χ0) is 21.8. The molecule has 162 valence electrons. The summed E-state index contributed by atoms with van der Waals surface area (Å²) in [6.45, 7) is 0.587. The number of thioether (sulfide) groups is 1. The number of nitrogens with one attached hydrogen (secondary N) is 1. The molecule has 0 saturated carbocycles. The smallest absolute Gasteiger partial charge is 0.318 e. The number of carbonyl (C=O) groups excluding carboxylic acids is 1. The molecule has 1 N–H and O–H groups in total. The fourth-order valence-electron chi connectivity index (χ4n) is 3.33. The average Bonchev–Trinajstić information content (AvgIpc) is 3.29. The monoisotopic (exact) mass is 448 g/mol. The maximum atomic E-state index is 14.5. The Morgan fingerprint density at radius 1 is 1.23 bits per heavy atom. The largest absolute Gasteiger partial charge is 0.415 e. The normalized spacial score (nSPS) is 16.5. The minimum atomic E-state index is -2.89. The van der Waals surface area contributed by atoms with Crippen molar-refractivity contribution in [3.8, 4) is 11.5 Å². The number of alkyl halides is 2. The number of nitrogens with zero attached hydrogens (tertiary/aromatic N) is 3. The number of halogens is 3. The molecule has 2 heterocycles. The Balaban J connectivity index is 1.42. The number of aromatic nitrogens is 2. The van der Waals surface area contributed by atoms with E-state index in [2.05, 4.69) is 15.5 Å². The molecular weight excluding hydrogens is 429 g/mol. The first-order valence-corrected chi connectivity index (χ1v) is 10.8. The first-order chi connectivity index (χ1) is 15.0. The highest BCUT2D eigenvalue weighted by Crippen LogP contribution is 2.29. The van der Waals surface area contributed by atoms with Gasteiger partial charge >= 0.3 is 12.5 Å². The van der Waals surface area contributed by atoms with Gasteiger partial charge in [-0.15, -0.1) is 10.2 Å². The minimum Gasteiger partial charge on any atom is -0.415 e. The van der Waals surface area contributed by atoms with Crippen LogP contribution in [0.1, 0.15) is 29.5 Å². The van der Waals surface area contributed by atoms with Gasteiger partial charge in [-0.1, -0.05) is 36.4 Å². The van der Waals surface area contributed by atoms with Gasteiger partial charge in [0.05, 0.1) is 6.04 Å². The van der Waals surface area contributed by atoms with Crippen molar-refractivity contribution in [3.05, 3.63) is 71.4 Å². The molecule has 1 aliphatic heterocycles. The fourth-order valence-corrected chi connectivity index (χ4v) is 4.42. The van der Waals surface area contributed by atoms with Crippen LogP contribution in [0.15, 0.2) is 52.9 Å². The minimum absolute atomic E-state index is 0.0117. The van der Waals surface area contributed by atoms with Gasteiger partial charge in [0.2, 0.25) is 5.89 Å². The van der Waals surface area contributed by atoms with Gasteiger partial charge in [-0.25, -0.2) is 9.18 Å². The summed E-state index contributed by atoms with van der Waals surface area (Å²) >= 11 is 1.79. The van der Waals surface area contributed by atoms with E-state index in [0.717, 1.165) is 23.1 Å². The van der Waals surface area contributed by atoms with Crippen LogP contribution in [0.3, 0.4) is 0 Å². The van der Waals surface area contributed by atoms with Gasteiger partial charge in [-0.05, 0) is 17.7 Å². The van der Waals surface area contributed by atoms with Crippen LogP contribution < -0.4 is 5.32 Å². The van der Waals surface area contributed by atoms with E-state index in [1.54, 1.807) is 16.7 Å². The molecule has 4 rings (SSSR count). The highest BCUT2D eigenvalue weighted by molar-refractivity contribution is 7.99. The van der Waals surface area contributed by atoms with Crippen LogP contribution in [0.5, 0.6) is 0 Å². The topological polar surface area (TPSA) is 71.3 Å². The molecule has 1 unspecified atom stereocenters. The zero-order valence-corrected chi connectivity index (χ0v) is 17.1. The SMILES string of the molecule is O=C(NCc1ccc(-c2nnc(C(F)F)o2)cc1F)N1CCSCC1c1ccccc1. The highest BCUT2D eigenvalue weighted by Gasteiger charge is 2.28. The van der Waals surface area contributed by atoms with Crippen molar-refractivity contribution < 1.29 is 22.4 Å². The van der Waals surface area contributed by atoms with Crippen LogP contribution >= 0.6 is 11.8 Å². The maximum absolute atomic E-state index is 14.5. The zero-order valence-electron chi connectivity index (χ0n) is 16.3. The van der Waals surface area contributed by atoms with E-state index in [4.69, 9.17) is 4.42 Å². The molecule has 1 aromatic heterocycles. The molecule has 3 aromatic rings. The van der Waals surface area contributed by atoms with Crippen LogP contribution in [0, 0.1) is 5.82 Å². The molecule has 31 heavy (non-hydrogen) atoms. The molecule has 0 radical (unpaired) electrons. The van der Waals surface area contributed by atoms with Gasteiger partial charge in [0.25, 0.3) is 5.89 Å². The van der Waals surface area contributed by atoms with E-state index in [-0.39, 0.29) is 35.6 Å². The first-order valence-electron chi connectivity index (χ1n) is 9.60. The average molecular weight is 448 g/mol. The predicted octanol–water partition coefficient (Wildman–Crippen LogP) is 4.81. The molecule has 0 spiro atoms. The van der Waals surface area contributed by atoms with Crippen molar-refractivity contribution >= 4 is 17.8 Å². The summed E-state index contributed by atoms with van der Waals surface area (Å²) in [4.78, 5) is 14.6. The van der Waals surface area contributed by atoms with Crippen molar-refractivity contribution in [3.63, 3.8) is 0 Å². The molecular formula is C21H19F3N4O2S. The highest BCUT2D eigenvalue weighted by atomic mass is 32.2. The Morgan fingerprint density at radius 2 is 2.03 bits per heavy atom. The predicted molar refractivity (Wildman–Crippen MR) is 110 cm³/mol. The Bertz CT molecular complexity index is 1050. The third kappa shape index (κ3) is 4.84. The number of carbonyl (C=O) groups is 1. The quantitative estimate of drug-likeness (QED) is 0.606. The van der Waals surface area contributed by atoms with E-state index in [1.165, 1.54) is 12.1 Å². The summed E-state index contributed by atoms with van der Waals surface area (Å²) in [5, 5.41) is 9.52. The van der Waals surface area contributed by atoms with Crippen LogP contribution in [0.25, 0.3) is 11.5 Å². The number of amides is 2. The molecule has 2 aromatic carbocycles. The van der Waals surface area contributed by atoms with Crippen molar-refractivity contribution in [1.29, 1.82) is 0 Å². The molecule has 1 saturated heterocycles. The second kappa shape index (κ2) is 9.42. The lowest BCUT2D eigenvalue weighted by molar-refractivity contribution is 0.116. The summed E-state index contributed by atoms with van der Waals surface area (Å²) in [6.07, 6.45) is -2.89. The van der Waals surface area contributed by atoms with Crippen LogP contribution in [0.2, 0.25) is 0 Å². The lowest BCUT2D eigenvalue weighted by atomic mass is 10.1. The van der Waals surface area contributed by atoms with Crippen molar-refractivity contribution in [1.82, 2.24) is 20.4 Å². The Labute approximate surface area is 180 Å². The lowest BCUT2D eigenvalue weighted by Crippen LogP contribution is -2.46. The van der Waals surface area contributed by atoms with Gasteiger partial charge in [0.15, 0.2) is 0 Å². The second-order valence-electron chi connectivity index (χ2n) is 6.91. The molecule has 1 atom stereocenters. The third-order valence-electron chi connectivity index (χ3n) is 4.93. The van der Waals surface area contributed by atoms with Crippen LogP contribution in [-0.4, -0.2) is 39.2 Å². The second-order valence-corrected chi connectivity index (χ2v) is 8.06. The molecule has 1 fully saturated rings. The van der Waals surface area contributed by atoms with Gasteiger partial charge in [0, 0.05) is 35.7 Å². The van der Waals surface area contributed by atoms with Crippen LogP contribution in [0.4, 0.5) is 18.0 Å². The standard InChI is InChI=1S/C21H19F3N4O2S/c22-16-10-14(19-26-27-20(30-19)18(23)24)6-7-15(16)11-25-21(29)28-8-9-31-12-17(28)13-4-2-1-3-5-13/h1-7,10,17-18H,8-9,11-12H2,(H,25,29).